The van der Waals surface area contributed by atoms with Gasteiger partial charge >= 0.3 is 0 Å². The molecule has 0 amide bonds. The van der Waals surface area contributed by atoms with Gasteiger partial charge in [-0.25, -0.2) is 0 Å². The van der Waals surface area contributed by atoms with Crippen LogP contribution < -0.4 is 5.32 Å². The van der Waals surface area contributed by atoms with Gasteiger partial charge in [-0.3, -0.25) is 4.90 Å². The lowest BCUT2D eigenvalue weighted by Gasteiger charge is -2.31. The van der Waals surface area contributed by atoms with E-state index in [0.29, 0.717) is 0 Å². The molecule has 0 bridgehead atoms. The van der Waals surface area contributed by atoms with Crippen molar-refractivity contribution in [1.82, 2.24) is 10.2 Å². The Hall–Kier alpha value is -0.160. The minimum atomic E-state index is 0.255. The summed E-state index contributed by atoms with van der Waals surface area (Å²) in [6.45, 7) is 4.35. The fourth-order valence-electron chi connectivity index (χ4n) is 2.69. The quantitative estimate of drug-likeness (QED) is 0.721. The second-order valence-corrected chi connectivity index (χ2v) is 4.48. The molecular weight excluding hydrogens is 192 g/mol. The third-order valence-corrected chi connectivity index (χ3v) is 3.67. The van der Waals surface area contributed by atoms with Gasteiger partial charge in [0.1, 0.15) is 0 Å². The number of likely N-dealkylation sites (tertiary alicyclic amines) is 1. The third kappa shape index (κ3) is 2.50. The maximum Gasteiger partial charge on any atom is 0.0971 e. The van der Waals surface area contributed by atoms with E-state index in [0.717, 1.165) is 32.2 Å². The molecule has 0 unspecified atom stereocenters. The lowest BCUT2D eigenvalue weighted by atomic mass is 10.1. The van der Waals surface area contributed by atoms with Crippen molar-refractivity contribution in [2.24, 2.45) is 0 Å². The minimum absolute atomic E-state index is 0.255. The summed E-state index contributed by atoms with van der Waals surface area (Å²) in [5, 5.41) is 3.40. The van der Waals surface area contributed by atoms with E-state index >= 15 is 0 Å². The van der Waals surface area contributed by atoms with Crippen LogP contribution in [0.2, 0.25) is 0 Å². The molecule has 88 valence electrons. The Morgan fingerprint density at radius 2 is 1.53 bits per heavy atom. The Morgan fingerprint density at radius 3 is 2.00 bits per heavy atom. The topological polar surface area (TPSA) is 33.7 Å². The maximum absolute atomic E-state index is 5.45. The molecule has 2 saturated heterocycles. The molecule has 0 aromatic carbocycles. The molecule has 0 radical (unpaired) electrons. The van der Waals surface area contributed by atoms with Crippen LogP contribution in [0.1, 0.15) is 12.8 Å². The highest BCUT2D eigenvalue weighted by Gasteiger charge is 2.36. The van der Waals surface area contributed by atoms with Crippen molar-refractivity contribution < 1.29 is 9.47 Å². The lowest BCUT2D eigenvalue weighted by molar-refractivity contribution is -0.00461. The molecule has 15 heavy (non-hydrogen) atoms. The Bertz CT molecular complexity index is 183. The van der Waals surface area contributed by atoms with Crippen LogP contribution in [0.15, 0.2) is 0 Å². The average molecular weight is 214 g/mol. The Balaban J connectivity index is 1.88. The standard InChI is InChI=1S/C11H22N2O2/c1-14-10-7-13(8-11(10)15-2)9-3-5-12-6-4-9/h9-12H,3-8H2,1-2H3/t10-,11-/m1/s1. The number of nitrogens with zero attached hydrogens (tertiary/aromatic N) is 1. The number of hydrogen-bond acceptors (Lipinski definition) is 4. The van der Waals surface area contributed by atoms with Gasteiger partial charge in [0.2, 0.25) is 0 Å². The summed E-state index contributed by atoms with van der Waals surface area (Å²) in [5.74, 6) is 0. The average Bonchev–Trinajstić information content (AvgIpc) is 2.73. The van der Waals surface area contributed by atoms with Crippen LogP contribution in [0.25, 0.3) is 0 Å². The van der Waals surface area contributed by atoms with Crippen molar-refractivity contribution in [3.05, 3.63) is 0 Å². The van der Waals surface area contributed by atoms with Crippen molar-refractivity contribution in [2.75, 3.05) is 40.4 Å². The van der Waals surface area contributed by atoms with Gasteiger partial charge in [0.05, 0.1) is 12.2 Å². The Labute approximate surface area is 91.9 Å². The van der Waals surface area contributed by atoms with Crippen LogP contribution in [0, 0.1) is 0 Å². The zero-order chi connectivity index (χ0) is 10.7. The van der Waals surface area contributed by atoms with Gasteiger partial charge in [-0.1, -0.05) is 0 Å². The summed E-state index contributed by atoms with van der Waals surface area (Å²) in [7, 11) is 3.56. The zero-order valence-corrected chi connectivity index (χ0v) is 9.74. The van der Waals surface area contributed by atoms with Crippen LogP contribution in [-0.2, 0) is 9.47 Å². The normalized spacial score (nSPS) is 34.8. The van der Waals surface area contributed by atoms with Crippen molar-refractivity contribution in [2.45, 2.75) is 31.1 Å². The highest BCUT2D eigenvalue weighted by molar-refractivity contribution is 4.90. The summed E-state index contributed by atoms with van der Waals surface area (Å²) in [6.07, 6.45) is 3.02. The minimum Gasteiger partial charge on any atom is -0.377 e. The van der Waals surface area contributed by atoms with Gasteiger partial charge in [-0.15, -0.1) is 0 Å². The molecule has 2 aliphatic heterocycles. The first-order valence-electron chi connectivity index (χ1n) is 5.85. The molecule has 0 saturated carbocycles. The summed E-state index contributed by atoms with van der Waals surface area (Å²) in [4.78, 5) is 2.53. The maximum atomic E-state index is 5.45. The summed E-state index contributed by atoms with van der Waals surface area (Å²) in [6, 6.07) is 0.726. The largest absolute Gasteiger partial charge is 0.377 e. The summed E-state index contributed by atoms with van der Waals surface area (Å²) in [5.41, 5.74) is 0. The van der Waals surface area contributed by atoms with Gasteiger partial charge in [-0.2, -0.15) is 0 Å². The molecule has 4 heteroatoms. The first-order valence-corrected chi connectivity index (χ1v) is 5.85. The fraction of sp³-hybridized carbons (Fsp3) is 1.00. The van der Waals surface area contributed by atoms with Crippen molar-refractivity contribution in [3.63, 3.8) is 0 Å². The molecule has 4 nitrogen and oxygen atoms in total. The first kappa shape index (κ1) is 11.3. The van der Waals surface area contributed by atoms with E-state index in [1.807, 2.05) is 0 Å². The van der Waals surface area contributed by atoms with Crippen molar-refractivity contribution >= 4 is 0 Å². The predicted octanol–water partition coefficient (Wildman–Crippen LogP) is 0.0840. The van der Waals surface area contributed by atoms with E-state index in [1.165, 1.54) is 12.8 Å². The van der Waals surface area contributed by atoms with Crippen molar-refractivity contribution in [1.29, 1.82) is 0 Å². The Morgan fingerprint density at radius 1 is 1.00 bits per heavy atom. The molecule has 0 spiro atoms. The first-order chi connectivity index (χ1) is 7.35. The molecular formula is C11H22N2O2. The van der Waals surface area contributed by atoms with Crippen molar-refractivity contribution in [3.8, 4) is 0 Å². The van der Waals surface area contributed by atoms with Crippen LogP contribution in [0.3, 0.4) is 0 Å². The van der Waals surface area contributed by atoms with Gasteiger partial charge in [-0.05, 0) is 25.9 Å². The van der Waals surface area contributed by atoms with Gasteiger partial charge in [0, 0.05) is 33.4 Å². The fourth-order valence-corrected chi connectivity index (χ4v) is 2.69. The summed E-state index contributed by atoms with van der Waals surface area (Å²) < 4.78 is 10.9. The van der Waals surface area contributed by atoms with Crippen LogP contribution in [0.5, 0.6) is 0 Å². The van der Waals surface area contributed by atoms with E-state index in [1.54, 1.807) is 14.2 Å². The molecule has 2 fully saturated rings. The number of ether oxygens (including phenoxy) is 2. The number of hydrogen-bond donors (Lipinski definition) is 1. The number of nitrogens with one attached hydrogen (secondary N) is 1. The van der Waals surface area contributed by atoms with E-state index < -0.39 is 0 Å². The highest BCUT2D eigenvalue weighted by Crippen LogP contribution is 2.21. The van der Waals surface area contributed by atoms with Gasteiger partial charge < -0.3 is 14.8 Å². The van der Waals surface area contributed by atoms with Gasteiger partial charge in [0.15, 0.2) is 0 Å². The second kappa shape index (κ2) is 5.25. The Kier molecular flexibility index (Phi) is 3.97. The lowest BCUT2D eigenvalue weighted by Crippen LogP contribution is -2.42. The molecule has 1 N–H and O–H groups in total. The molecule has 2 rings (SSSR count). The third-order valence-electron chi connectivity index (χ3n) is 3.67. The van der Waals surface area contributed by atoms with E-state index in [9.17, 15) is 0 Å². The van der Waals surface area contributed by atoms with Gasteiger partial charge in [0.25, 0.3) is 0 Å². The number of methoxy groups -OCH3 is 2. The summed E-state index contributed by atoms with van der Waals surface area (Å²) >= 11 is 0. The van der Waals surface area contributed by atoms with E-state index in [4.69, 9.17) is 9.47 Å². The van der Waals surface area contributed by atoms with E-state index in [2.05, 4.69) is 10.2 Å². The molecule has 2 atom stereocenters. The number of piperidine rings is 1. The van der Waals surface area contributed by atoms with Crippen LogP contribution >= 0.6 is 0 Å². The molecule has 0 aromatic heterocycles. The monoisotopic (exact) mass is 214 g/mol. The zero-order valence-electron chi connectivity index (χ0n) is 9.74. The van der Waals surface area contributed by atoms with Crippen LogP contribution in [-0.4, -0.2) is 63.5 Å². The second-order valence-electron chi connectivity index (χ2n) is 4.48. The molecule has 2 heterocycles. The molecule has 2 aliphatic rings. The predicted molar refractivity (Wildman–Crippen MR) is 59.1 cm³/mol. The highest BCUT2D eigenvalue weighted by atomic mass is 16.5. The molecule has 0 aromatic rings. The SMILES string of the molecule is CO[C@@H]1CN(C2CCNCC2)C[C@H]1OC. The number of rotatable bonds is 3. The molecule has 0 aliphatic carbocycles. The smallest absolute Gasteiger partial charge is 0.0971 e. The van der Waals surface area contributed by atoms with Crippen LogP contribution in [0.4, 0.5) is 0 Å². The van der Waals surface area contributed by atoms with E-state index in [-0.39, 0.29) is 12.2 Å².